The summed E-state index contributed by atoms with van der Waals surface area (Å²) in [5.41, 5.74) is 6.21. The second-order valence-electron chi connectivity index (χ2n) is 5.77. The fourth-order valence-electron chi connectivity index (χ4n) is 3.22. The minimum absolute atomic E-state index is 0.421. The second-order valence-corrected chi connectivity index (χ2v) is 5.77. The number of unbranched alkanes of at least 4 members (excludes halogenated alkanes) is 2. The maximum atomic E-state index is 11.4. The van der Waals surface area contributed by atoms with Crippen LogP contribution in [0.5, 0.6) is 0 Å². The van der Waals surface area contributed by atoms with Gasteiger partial charge in [-0.2, -0.15) is 0 Å². The Morgan fingerprint density at radius 3 is 2.76 bits per heavy atom. The number of aromatic carboxylic acids is 1. The SMILES string of the molecule is CCCCCc1ccc2c(c1)Cc1cccc(C(=O)O)c1-2. The van der Waals surface area contributed by atoms with Gasteiger partial charge in [-0.1, -0.05) is 50.1 Å². The summed E-state index contributed by atoms with van der Waals surface area (Å²) in [7, 11) is 0. The summed E-state index contributed by atoms with van der Waals surface area (Å²) in [6.07, 6.45) is 5.69. The fraction of sp³-hybridized carbons (Fsp3) is 0.316. The molecule has 0 saturated heterocycles. The zero-order valence-electron chi connectivity index (χ0n) is 12.4. The molecule has 0 fully saturated rings. The molecule has 2 heteroatoms. The molecular formula is C19H20O2. The number of carbonyl (C=O) groups is 1. The van der Waals surface area contributed by atoms with E-state index in [-0.39, 0.29) is 0 Å². The highest BCUT2D eigenvalue weighted by atomic mass is 16.4. The summed E-state index contributed by atoms with van der Waals surface area (Å²) < 4.78 is 0. The fourth-order valence-corrected chi connectivity index (χ4v) is 3.22. The molecule has 0 saturated carbocycles. The molecule has 1 aliphatic rings. The van der Waals surface area contributed by atoms with Crippen LogP contribution < -0.4 is 0 Å². The molecule has 0 aromatic heterocycles. The average molecular weight is 280 g/mol. The minimum Gasteiger partial charge on any atom is -0.478 e. The Bertz CT molecular complexity index is 686. The van der Waals surface area contributed by atoms with Crippen LogP contribution in [0.25, 0.3) is 11.1 Å². The van der Waals surface area contributed by atoms with E-state index in [1.807, 2.05) is 12.1 Å². The van der Waals surface area contributed by atoms with Crippen LogP contribution in [0, 0.1) is 0 Å². The van der Waals surface area contributed by atoms with Gasteiger partial charge in [0, 0.05) is 0 Å². The van der Waals surface area contributed by atoms with Crippen molar-refractivity contribution < 1.29 is 9.90 Å². The van der Waals surface area contributed by atoms with Crippen molar-refractivity contribution >= 4 is 5.97 Å². The lowest BCUT2D eigenvalue weighted by Crippen LogP contribution is -1.99. The quantitative estimate of drug-likeness (QED) is 0.688. The van der Waals surface area contributed by atoms with Crippen molar-refractivity contribution in [1.82, 2.24) is 0 Å². The molecule has 1 N–H and O–H groups in total. The Morgan fingerprint density at radius 2 is 2.00 bits per heavy atom. The van der Waals surface area contributed by atoms with Crippen molar-refractivity contribution in [3.63, 3.8) is 0 Å². The van der Waals surface area contributed by atoms with Crippen LogP contribution >= 0.6 is 0 Å². The van der Waals surface area contributed by atoms with Gasteiger partial charge in [-0.15, -0.1) is 0 Å². The number of hydrogen-bond donors (Lipinski definition) is 1. The molecule has 2 aromatic rings. The molecule has 0 heterocycles. The maximum Gasteiger partial charge on any atom is 0.336 e. The van der Waals surface area contributed by atoms with Crippen LogP contribution in [0.1, 0.15) is 53.2 Å². The van der Waals surface area contributed by atoms with Gasteiger partial charge in [-0.05, 0) is 53.1 Å². The van der Waals surface area contributed by atoms with Crippen molar-refractivity contribution in [3.8, 4) is 11.1 Å². The number of aryl methyl sites for hydroxylation is 1. The minimum atomic E-state index is -0.841. The highest BCUT2D eigenvalue weighted by Gasteiger charge is 2.23. The zero-order chi connectivity index (χ0) is 14.8. The monoisotopic (exact) mass is 280 g/mol. The van der Waals surface area contributed by atoms with Gasteiger partial charge in [0.2, 0.25) is 0 Å². The number of fused-ring (bicyclic) bond motifs is 3. The van der Waals surface area contributed by atoms with Crippen molar-refractivity contribution in [3.05, 3.63) is 58.7 Å². The molecule has 0 atom stereocenters. The Labute approximate surface area is 125 Å². The van der Waals surface area contributed by atoms with E-state index in [2.05, 4.69) is 25.1 Å². The van der Waals surface area contributed by atoms with E-state index >= 15 is 0 Å². The first kappa shape index (κ1) is 13.9. The van der Waals surface area contributed by atoms with Gasteiger partial charge in [-0.3, -0.25) is 0 Å². The van der Waals surface area contributed by atoms with E-state index in [0.717, 1.165) is 29.5 Å². The summed E-state index contributed by atoms with van der Waals surface area (Å²) in [5, 5.41) is 9.37. The third kappa shape index (κ3) is 2.58. The first-order valence-electron chi connectivity index (χ1n) is 7.68. The highest BCUT2D eigenvalue weighted by molar-refractivity contribution is 5.99. The van der Waals surface area contributed by atoms with Crippen LogP contribution in [0.15, 0.2) is 36.4 Å². The number of carboxylic acid groups (broad SMARTS) is 1. The van der Waals surface area contributed by atoms with Crippen LogP contribution in [-0.4, -0.2) is 11.1 Å². The molecule has 0 spiro atoms. The number of hydrogen-bond acceptors (Lipinski definition) is 1. The molecular weight excluding hydrogens is 260 g/mol. The standard InChI is InChI=1S/C19H20O2/c1-2-3-4-6-13-9-10-16-15(11-13)12-14-7-5-8-17(18(14)16)19(20)21/h5,7-11H,2-4,6,12H2,1H3,(H,20,21). The highest BCUT2D eigenvalue weighted by Crippen LogP contribution is 2.39. The van der Waals surface area contributed by atoms with E-state index in [9.17, 15) is 9.90 Å². The predicted molar refractivity (Wildman–Crippen MR) is 84.9 cm³/mol. The third-order valence-corrected chi connectivity index (χ3v) is 4.27. The van der Waals surface area contributed by atoms with E-state index in [1.165, 1.54) is 30.4 Å². The summed E-state index contributed by atoms with van der Waals surface area (Å²) in [4.78, 5) is 11.4. The summed E-state index contributed by atoms with van der Waals surface area (Å²) in [6, 6.07) is 12.1. The van der Waals surface area contributed by atoms with Gasteiger partial charge in [0.1, 0.15) is 0 Å². The normalized spacial score (nSPS) is 12.0. The Kier molecular flexibility index (Phi) is 3.78. The van der Waals surface area contributed by atoms with Crippen molar-refractivity contribution in [1.29, 1.82) is 0 Å². The molecule has 0 aliphatic heterocycles. The van der Waals surface area contributed by atoms with E-state index in [1.54, 1.807) is 6.07 Å². The zero-order valence-corrected chi connectivity index (χ0v) is 12.4. The first-order chi connectivity index (χ1) is 10.2. The first-order valence-corrected chi connectivity index (χ1v) is 7.68. The molecule has 2 aromatic carbocycles. The summed E-state index contributed by atoms with van der Waals surface area (Å²) >= 11 is 0. The predicted octanol–water partition coefficient (Wildman–Crippen LogP) is 4.69. The topological polar surface area (TPSA) is 37.3 Å². The Morgan fingerprint density at radius 1 is 1.14 bits per heavy atom. The largest absolute Gasteiger partial charge is 0.478 e. The lowest BCUT2D eigenvalue weighted by Gasteiger charge is -2.07. The number of benzene rings is 2. The van der Waals surface area contributed by atoms with Gasteiger partial charge in [0.25, 0.3) is 0 Å². The average Bonchev–Trinajstić information content (AvgIpc) is 2.84. The maximum absolute atomic E-state index is 11.4. The molecule has 0 amide bonds. The van der Waals surface area contributed by atoms with Gasteiger partial charge in [0.15, 0.2) is 0 Å². The summed E-state index contributed by atoms with van der Waals surface area (Å²) in [5.74, 6) is -0.841. The smallest absolute Gasteiger partial charge is 0.336 e. The Balaban J connectivity index is 1.95. The summed E-state index contributed by atoms with van der Waals surface area (Å²) in [6.45, 7) is 2.22. The third-order valence-electron chi connectivity index (χ3n) is 4.27. The Hall–Kier alpha value is -2.09. The molecule has 2 nitrogen and oxygen atoms in total. The molecule has 0 unspecified atom stereocenters. The second kappa shape index (κ2) is 5.72. The van der Waals surface area contributed by atoms with Gasteiger partial charge in [0.05, 0.1) is 5.56 Å². The van der Waals surface area contributed by atoms with E-state index in [0.29, 0.717) is 5.56 Å². The number of carboxylic acids is 1. The number of rotatable bonds is 5. The van der Waals surface area contributed by atoms with E-state index < -0.39 is 5.97 Å². The molecule has 108 valence electrons. The van der Waals surface area contributed by atoms with Gasteiger partial charge < -0.3 is 5.11 Å². The molecule has 1 aliphatic carbocycles. The lowest BCUT2D eigenvalue weighted by atomic mass is 9.97. The lowest BCUT2D eigenvalue weighted by molar-refractivity contribution is 0.0697. The molecule has 21 heavy (non-hydrogen) atoms. The van der Waals surface area contributed by atoms with Crippen molar-refractivity contribution in [2.75, 3.05) is 0 Å². The van der Waals surface area contributed by atoms with Crippen LogP contribution in [0.2, 0.25) is 0 Å². The van der Waals surface area contributed by atoms with Gasteiger partial charge >= 0.3 is 5.97 Å². The van der Waals surface area contributed by atoms with Crippen molar-refractivity contribution in [2.45, 2.75) is 39.0 Å². The molecule has 0 bridgehead atoms. The molecule has 3 rings (SSSR count). The van der Waals surface area contributed by atoms with Crippen LogP contribution in [-0.2, 0) is 12.8 Å². The van der Waals surface area contributed by atoms with Crippen LogP contribution in [0.3, 0.4) is 0 Å². The molecule has 0 radical (unpaired) electrons. The van der Waals surface area contributed by atoms with Gasteiger partial charge in [-0.25, -0.2) is 4.79 Å². The van der Waals surface area contributed by atoms with E-state index in [4.69, 9.17) is 0 Å². The van der Waals surface area contributed by atoms with Crippen molar-refractivity contribution in [2.24, 2.45) is 0 Å². The van der Waals surface area contributed by atoms with Crippen LogP contribution in [0.4, 0.5) is 0 Å².